The van der Waals surface area contributed by atoms with E-state index < -0.39 is 40.5 Å². The molecular weight excluding hydrogens is 390 g/mol. The highest BCUT2D eigenvalue weighted by atomic mass is 35.5. The second-order valence-electron chi connectivity index (χ2n) is 5.14. The van der Waals surface area contributed by atoms with Crippen LogP contribution in [0.15, 0.2) is 42.6 Å². The van der Waals surface area contributed by atoms with Crippen molar-refractivity contribution in [1.82, 2.24) is 4.98 Å². The van der Waals surface area contributed by atoms with Crippen LogP contribution in [0.1, 0.15) is 15.9 Å². The predicted octanol–water partition coefficient (Wildman–Crippen LogP) is 3.12. The summed E-state index contributed by atoms with van der Waals surface area (Å²) in [5.41, 5.74) is 0.00219. The van der Waals surface area contributed by atoms with Gasteiger partial charge in [0.1, 0.15) is 5.56 Å². The molecule has 2 aromatic rings. The molecule has 10 heteroatoms. The van der Waals surface area contributed by atoms with Crippen LogP contribution in [0.25, 0.3) is 0 Å². The number of carbonyl (C=O) groups excluding carboxylic acids is 1. The van der Waals surface area contributed by atoms with E-state index in [1.807, 2.05) is 0 Å². The van der Waals surface area contributed by atoms with Crippen LogP contribution in [0.3, 0.4) is 0 Å². The van der Waals surface area contributed by atoms with Crippen molar-refractivity contribution in [3.05, 3.63) is 58.7 Å². The van der Waals surface area contributed by atoms with Crippen molar-refractivity contribution in [2.75, 3.05) is 18.0 Å². The third-order valence-corrected chi connectivity index (χ3v) is 5.40. The molecular formula is C16H15ClF2N2O4S. The van der Waals surface area contributed by atoms with E-state index in [1.54, 1.807) is 12.1 Å². The fraction of sp³-hybridized carbons (Fsp3) is 0.250. The minimum Gasteiger partial charge on any atom is -0.465 e. The molecule has 0 radical (unpaired) electrons. The molecule has 26 heavy (non-hydrogen) atoms. The van der Waals surface area contributed by atoms with Gasteiger partial charge in [-0.3, -0.25) is 0 Å². The first-order valence-corrected chi connectivity index (χ1v) is 9.30. The predicted molar refractivity (Wildman–Crippen MR) is 93.0 cm³/mol. The quantitative estimate of drug-likeness (QED) is 0.663. The number of hydrogen-bond donors (Lipinski definition) is 0. The molecule has 1 heterocycles. The lowest BCUT2D eigenvalue weighted by Gasteiger charge is -2.24. The molecule has 6 nitrogen and oxygen atoms in total. The molecule has 0 unspecified atom stereocenters. The molecule has 0 aliphatic rings. The number of esters is 1. The number of carbonyl (C=O) groups is 1. The normalized spacial score (nSPS) is 11.4. The monoisotopic (exact) mass is 404 g/mol. The maximum Gasteiger partial charge on any atom is 0.341 e. The van der Waals surface area contributed by atoms with E-state index in [0.717, 1.165) is 7.11 Å². The van der Waals surface area contributed by atoms with Crippen LogP contribution in [0, 0.1) is 0 Å². The number of pyridine rings is 1. The zero-order valence-electron chi connectivity index (χ0n) is 13.6. The number of nitrogens with zero attached hydrogens (tertiary/aromatic N) is 2. The van der Waals surface area contributed by atoms with Crippen molar-refractivity contribution in [2.45, 2.75) is 12.2 Å². The van der Waals surface area contributed by atoms with Crippen LogP contribution in [0.2, 0.25) is 5.02 Å². The molecule has 0 saturated carbocycles. The fourth-order valence-corrected chi connectivity index (χ4v) is 4.04. The van der Waals surface area contributed by atoms with Gasteiger partial charge in [-0.25, -0.2) is 31.3 Å². The van der Waals surface area contributed by atoms with Crippen molar-refractivity contribution in [2.24, 2.45) is 0 Å². The molecule has 0 spiro atoms. The zero-order valence-corrected chi connectivity index (χ0v) is 15.2. The second-order valence-corrected chi connectivity index (χ2v) is 7.44. The van der Waals surface area contributed by atoms with Gasteiger partial charge in [-0.15, -0.1) is 0 Å². The van der Waals surface area contributed by atoms with E-state index in [2.05, 4.69) is 9.72 Å². The van der Waals surface area contributed by atoms with Crippen LogP contribution in [0.4, 0.5) is 14.6 Å². The average Bonchev–Trinajstić information content (AvgIpc) is 2.60. The number of alkyl halides is 2. The Bertz CT molecular complexity index is 893. The summed E-state index contributed by atoms with van der Waals surface area (Å²) in [6.07, 6.45) is -1.78. The third kappa shape index (κ3) is 4.67. The molecule has 0 saturated heterocycles. The number of rotatable bonds is 7. The van der Waals surface area contributed by atoms with E-state index in [4.69, 9.17) is 11.6 Å². The Morgan fingerprint density at radius 3 is 2.58 bits per heavy atom. The third-order valence-electron chi connectivity index (χ3n) is 3.36. The van der Waals surface area contributed by atoms with Gasteiger partial charge in [0, 0.05) is 11.2 Å². The number of methoxy groups -OCH3 is 1. The Balaban J connectivity index is 2.51. The van der Waals surface area contributed by atoms with E-state index in [-0.39, 0.29) is 16.1 Å². The summed E-state index contributed by atoms with van der Waals surface area (Å²) >= 11 is 5.97. The summed E-state index contributed by atoms with van der Waals surface area (Å²) in [7, 11) is -3.22. The molecule has 0 bridgehead atoms. The number of sulfonamides is 1. The van der Waals surface area contributed by atoms with Gasteiger partial charge in [0.05, 0.1) is 19.4 Å². The number of anilines is 1. The number of ether oxygens (including phenoxy) is 1. The maximum absolute atomic E-state index is 13.1. The minimum absolute atomic E-state index is 0.183. The fourth-order valence-electron chi connectivity index (χ4n) is 2.21. The standard InChI is InChI=1S/C16H15ClF2N2O4S/c1-25-16(22)12-6-4-8-20-15(12)21(9-14(18)19)26(23,24)10-11-5-2-3-7-13(11)17/h2-8,14H,9-10H2,1H3. The Morgan fingerprint density at radius 2 is 1.96 bits per heavy atom. The van der Waals surface area contributed by atoms with Crippen LogP contribution in [-0.2, 0) is 20.5 Å². The lowest BCUT2D eigenvalue weighted by molar-refractivity contribution is 0.0601. The molecule has 1 aromatic heterocycles. The van der Waals surface area contributed by atoms with Crippen LogP contribution < -0.4 is 4.31 Å². The Hall–Kier alpha value is -2.26. The van der Waals surface area contributed by atoms with Crippen molar-refractivity contribution in [3.8, 4) is 0 Å². The van der Waals surface area contributed by atoms with E-state index >= 15 is 0 Å². The first-order chi connectivity index (χ1) is 12.3. The highest BCUT2D eigenvalue weighted by Gasteiger charge is 2.31. The number of aromatic nitrogens is 1. The van der Waals surface area contributed by atoms with E-state index in [1.165, 1.54) is 30.5 Å². The molecule has 0 atom stereocenters. The van der Waals surface area contributed by atoms with E-state index in [9.17, 15) is 22.0 Å². The summed E-state index contributed by atoms with van der Waals surface area (Å²) in [5, 5.41) is 0.183. The van der Waals surface area contributed by atoms with Gasteiger partial charge in [0.25, 0.3) is 6.43 Å². The summed E-state index contributed by atoms with van der Waals surface area (Å²) in [4.78, 5) is 15.7. The van der Waals surface area contributed by atoms with Gasteiger partial charge >= 0.3 is 5.97 Å². The first-order valence-electron chi connectivity index (χ1n) is 7.31. The molecule has 0 fully saturated rings. The van der Waals surface area contributed by atoms with Crippen molar-refractivity contribution < 1.29 is 26.7 Å². The molecule has 0 N–H and O–H groups in total. The van der Waals surface area contributed by atoms with Gasteiger partial charge < -0.3 is 4.74 Å². The van der Waals surface area contributed by atoms with Gasteiger partial charge in [-0.2, -0.15) is 0 Å². The second kappa shape index (κ2) is 8.41. The Labute approximate surface area is 154 Å². The molecule has 140 valence electrons. The number of halogens is 3. The van der Waals surface area contributed by atoms with Gasteiger partial charge in [0.2, 0.25) is 10.0 Å². The summed E-state index contributed by atoms with van der Waals surface area (Å²) < 4.78 is 56.7. The topological polar surface area (TPSA) is 76.6 Å². The largest absolute Gasteiger partial charge is 0.465 e. The van der Waals surface area contributed by atoms with Crippen LogP contribution in [-0.4, -0.2) is 39.5 Å². The van der Waals surface area contributed by atoms with Crippen molar-refractivity contribution in [3.63, 3.8) is 0 Å². The molecule has 1 aromatic carbocycles. The summed E-state index contributed by atoms with van der Waals surface area (Å²) in [6.45, 7) is -1.16. The van der Waals surface area contributed by atoms with E-state index in [0.29, 0.717) is 4.31 Å². The van der Waals surface area contributed by atoms with Crippen molar-refractivity contribution in [1.29, 1.82) is 0 Å². The van der Waals surface area contributed by atoms with Crippen LogP contribution in [0.5, 0.6) is 0 Å². The molecule has 2 rings (SSSR count). The number of hydrogen-bond acceptors (Lipinski definition) is 5. The minimum atomic E-state index is -4.31. The van der Waals surface area contributed by atoms with Gasteiger partial charge in [-0.1, -0.05) is 29.8 Å². The Morgan fingerprint density at radius 1 is 1.27 bits per heavy atom. The van der Waals surface area contributed by atoms with Crippen LogP contribution >= 0.6 is 11.6 Å². The molecule has 0 aliphatic heterocycles. The van der Waals surface area contributed by atoms with Gasteiger partial charge in [0.15, 0.2) is 5.82 Å². The summed E-state index contributed by atoms with van der Waals surface area (Å²) in [6, 6.07) is 8.78. The lowest BCUT2D eigenvalue weighted by Crippen LogP contribution is -2.37. The number of benzene rings is 1. The zero-order chi connectivity index (χ0) is 19.3. The van der Waals surface area contributed by atoms with Gasteiger partial charge in [-0.05, 0) is 23.8 Å². The SMILES string of the molecule is COC(=O)c1cccnc1N(CC(F)F)S(=O)(=O)Cc1ccccc1Cl. The highest BCUT2D eigenvalue weighted by molar-refractivity contribution is 7.92. The smallest absolute Gasteiger partial charge is 0.341 e. The lowest BCUT2D eigenvalue weighted by atomic mass is 10.2. The average molecular weight is 405 g/mol. The summed E-state index contributed by atoms with van der Waals surface area (Å²) in [5.74, 6) is -1.94. The highest BCUT2D eigenvalue weighted by Crippen LogP contribution is 2.26. The van der Waals surface area contributed by atoms with Crippen molar-refractivity contribution >= 4 is 33.4 Å². The molecule has 0 amide bonds. The first kappa shape index (κ1) is 20.1. The Kier molecular flexibility index (Phi) is 6.49. The maximum atomic E-state index is 13.1. The molecule has 0 aliphatic carbocycles.